The van der Waals surface area contributed by atoms with E-state index in [1.165, 1.54) is 43.0 Å². The second-order valence-corrected chi connectivity index (χ2v) is 20.3. The van der Waals surface area contributed by atoms with Crippen LogP contribution in [0.15, 0.2) is 225 Å². The van der Waals surface area contributed by atoms with Crippen LogP contribution in [0.2, 0.25) is 0 Å². The van der Waals surface area contributed by atoms with Crippen LogP contribution in [0.3, 0.4) is 0 Å². The van der Waals surface area contributed by atoms with Crippen molar-refractivity contribution in [3.05, 3.63) is 247 Å². The van der Waals surface area contributed by atoms with Gasteiger partial charge in [-0.25, -0.2) is 4.98 Å². The summed E-state index contributed by atoms with van der Waals surface area (Å²) in [6.07, 6.45) is 9.13. The predicted molar refractivity (Wildman–Crippen MR) is 256 cm³/mol. The average Bonchev–Trinajstić information content (AvgIpc) is 3.88. The quantitative estimate of drug-likeness (QED) is 0.108. The molecule has 0 unspecified atom stereocenters. The summed E-state index contributed by atoms with van der Waals surface area (Å²) in [4.78, 5) is 14.1. The van der Waals surface area contributed by atoms with Crippen LogP contribution in [0.25, 0.3) is 33.5 Å². The molecule has 12 rings (SSSR count). The minimum absolute atomic E-state index is 0.489. The zero-order valence-corrected chi connectivity index (χ0v) is 35.4. The maximum atomic E-state index is 7.45. The van der Waals surface area contributed by atoms with Crippen LogP contribution in [0.5, 0.6) is 11.5 Å². The molecule has 7 heteroatoms. The SMILES string of the molecule is c1ccc([Si](c2ccccc2)(c2cccc(-n3c4ccccc4n4c5ccccc5nc34)c2)c2cccc3c2Oc2ccccc2C3(Cc2ccncc2)Cc2ccncc2)cc1. The third-order valence-electron chi connectivity index (χ3n) is 13.1. The number of nitrogens with zero attached hydrogens (tertiary/aromatic N) is 5. The number of hydrogen-bond donors (Lipinski definition) is 0. The molecule has 0 amide bonds. The minimum Gasteiger partial charge on any atom is -0.457 e. The van der Waals surface area contributed by atoms with Gasteiger partial charge in [-0.1, -0.05) is 133 Å². The van der Waals surface area contributed by atoms with Gasteiger partial charge in [0.2, 0.25) is 5.78 Å². The first-order valence-corrected chi connectivity index (χ1v) is 23.5. The number of fused-ring (bicyclic) bond motifs is 7. The fourth-order valence-corrected chi connectivity index (χ4v) is 15.4. The van der Waals surface area contributed by atoms with E-state index < -0.39 is 13.5 Å². The number of pyridine rings is 2. The second kappa shape index (κ2) is 14.9. The first-order chi connectivity index (χ1) is 31.2. The Morgan fingerprint density at radius 2 is 1.03 bits per heavy atom. The van der Waals surface area contributed by atoms with E-state index in [9.17, 15) is 0 Å². The molecule has 1 aliphatic heterocycles. The number of imidazole rings is 2. The fraction of sp³-hybridized carbons (Fsp3) is 0.0536. The van der Waals surface area contributed by atoms with Crippen LogP contribution < -0.4 is 25.5 Å². The van der Waals surface area contributed by atoms with Gasteiger partial charge in [0.15, 0.2) is 8.07 Å². The van der Waals surface area contributed by atoms with Crippen molar-refractivity contribution in [1.82, 2.24) is 23.9 Å². The summed E-state index contributed by atoms with van der Waals surface area (Å²) in [5.41, 5.74) is 9.62. The maximum absolute atomic E-state index is 7.45. The van der Waals surface area contributed by atoms with E-state index in [1.54, 1.807) is 0 Å². The smallest absolute Gasteiger partial charge is 0.220 e. The molecule has 6 nitrogen and oxygen atoms in total. The molecule has 0 N–H and O–H groups in total. The summed E-state index contributed by atoms with van der Waals surface area (Å²) < 4.78 is 12.1. The van der Waals surface area contributed by atoms with E-state index >= 15 is 0 Å². The third-order valence-corrected chi connectivity index (χ3v) is 17.9. The lowest BCUT2D eigenvalue weighted by atomic mass is 9.65. The highest BCUT2D eigenvalue weighted by atomic mass is 28.3. The Bertz CT molecular complexity index is 3360. The molecule has 0 aliphatic carbocycles. The summed E-state index contributed by atoms with van der Waals surface area (Å²) in [5.74, 6) is 2.69. The van der Waals surface area contributed by atoms with E-state index in [4.69, 9.17) is 9.72 Å². The van der Waals surface area contributed by atoms with E-state index in [-0.39, 0.29) is 0 Å². The minimum atomic E-state index is -3.24. The normalized spacial score (nSPS) is 13.1. The van der Waals surface area contributed by atoms with Gasteiger partial charge in [0.1, 0.15) is 11.5 Å². The van der Waals surface area contributed by atoms with Gasteiger partial charge in [-0.3, -0.25) is 18.9 Å². The number of hydrogen-bond acceptors (Lipinski definition) is 4. The number of aromatic nitrogens is 5. The Morgan fingerprint density at radius 3 is 1.73 bits per heavy atom. The van der Waals surface area contributed by atoms with Crippen molar-refractivity contribution in [2.24, 2.45) is 0 Å². The Balaban J connectivity index is 1.17. The van der Waals surface area contributed by atoms with Crippen LogP contribution in [0.4, 0.5) is 0 Å². The molecule has 11 aromatic rings. The Labute approximate surface area is 366 Å². The average molecular weight is 828 g/mol. The van der Waals surface area contributed by atoms with Crippen molar-refractivity contribution in [1.29, 1.82) is 0 Å². The molecule has 0 bridgehead atoms. The third kappa shape index (κ3) is 5.81. The van der Waals surface area contributed by atoms with E-state index in [2.05, 4.69) is 219 Å². The molecule has 0 spiro atoms. The fourth-order valence-electron chi connectivity index (χ4n) is 10.5. The second-order valence-electron chi connectivity index (χ2n) is 16.5. The van der Waals surface area contributed by atoms with Crippen molar-refractivity contribution in [3.8, 4) is 17.2 Å². The van der Waals surface area contributed by atoms with Gasteiger partial charge in [-0.2, -0.15) is 0 Å². The number of benzene rings is 7. The zero-order valence-electron chi connectivity index (χ0n) is 34.4. The van der Waals surface area contributed by atoms with E-state index in [0.29, 0.717) is 0 Å². The number of rotatable bonds is 9. The van der Waals surface area contributed by atoms with Crippen LogP contribution in [-0.2, 0) is 18.3 Å². The molecule has 63 heavy (non-hydrogen) atoms. The van der Waals surface area contributed by atoms with Crippen molar-refractivity contribution >= 4 is 56.7 Å². The van der Waals surface area contributed by atoms with Crippen LogP contribution in [-0.4, -0.2) is 32.0 Å². The molecule has 0 saturated carbocycles. The molecule has 0 fully saturated rings. The first kappa shape index (κ1) is 36.9. The lowest BCUT2D eigenvalue weighted by Crippen LogP contribution is -2.75. The molecular formula is C56H41N5OSi. The lowest BCUT2D eigenvalue weighted by molar-refractivity contribution is 0.387. The Hall–Kier alpha value is -7.87. The van der Waals surface area contributed by atoms with Crippen LogP contribution in [0, 0.1) is 0 Å². The highest BCUT2D eigenvalue weighted by Crippen LogP contribution is 2.51. The Morgan fingerprint density at radius 1 is 0.476 bits per heavy atom. The van der Waals surface area contributed by atoms with Crippen molar-refractivity contribution < 1.29 is 4.74 Å². The summed E-state index contributed by atoms with van der Waals surface area (Å²) in [6.45, 7) is 0. The number of ether oxygens (including phenoxy) is 1. The van der Waals surface area contributed by atoms with Gasteiger partial charge in [-0.15, -0.1) is 0 Å². The standard InChI is InChI=1S/C56H41N5OSi/c1-3-16-43(17-4-1)63(44-18-5-2-6-19-44,45-20-13-15-42(37-45)60-50-25-10-11-26-51(50)61-49-24-9-8-23-48(49)59-55(60)61)53-28-14-22-47-54(53)62-52-27-12-7-21-46(52)56(47,38-40-29-33-57-34-30-40)39-41-31-35-58-36-32-41/h1-37H,38-39H2. The molecule has 7 aromatic carbocycles. The summed E-state index contributed by atoms with van der Waals surface area (Å²) in [5, 5.41) is 4.99. The van der Waals surface area contributed by atoms with Gasteiger partial charge < -0.3 is 4.74 Å². The van der Waals surface area contributed by atoms with Crippen molar-refractivity contribution in [3.63, 3.8) is 0 Å². The van der Waals surface area contributed by atoms with Gasteiger partial charge in [0.05, 0.1) is 22.1 Å². The zero-order chi connectivity index (χ0) is 41.8. The van der Waals surface area contributed by atoms with Crippen molar-refractivity contribution in [2.75, 3.05) is 0 Å². The first-order valence-electron chi connectivity index (χ1n) is 21.5. The Kier molecular flexibility index (Phi) is 8.76. The monoisotopic (exact) mass is 827 g/mol. The molecule has 300 valence electrons. The van der Waals surface area contributed by atoms with Crippen LogP contribution >= 0.6 is 0 Å². The predicted octanol–water partition coefficient (Wildman–Crippen LogP) is 9.48. The van der Waals surface area contributed by atoms with Crippen LogP contribution in [0.1, 0.15) is 22.3 Å². The van der Waals surface area contributed by atoms with Gasteiger partial charge in [-0.05, 0) is 111 Å². The summed E-state index contributed by atoms with van der Waals surface area (Å²) in [6, 6.07) is 72.8. The molecule has 0 atom stereocenters. The molecule has 4 aromatic heterocycles. The van der Waals surface area contributed by atoms with E-state index in [1.807, 2.05) is 24.8 Å². The molecular weight excluding hydrogens is 787 g/mol. The lowest BCUT2D eigenvalue weighted by Gasteiger charge is -2.44. The van der Waals surface area contributed by atoms with Gasteiger partial charge in [0, 0.05) is 47.0 Å². The van der Waals surface area contributed by atoms with Gasteiger partial charge >= 0.3 is 0 Å². The van der Waals surface area contributed by atoms with E-state index in [0.717, 1.165) is 57.9 Å². The maximum Gasteiger partial charge on any atom is 0.220 e. The molecule has 5 heterocycles. The topological polar surface area (TPSA) is 57.2 Å². The van der Waals surface area contributed by atoms with Gasteiger partial charge in [0.25, 0.3) is 0 Å². The summed E-state index contributed by atoms with van der Waals surface area (Å²) >= 11 is 0. The highest BCUT2D eigenvalue weighted by Gasteiger charge is 2.49. The van der Waals surface area contributed by atoms with Crippen molar-refractivity contribution in [2.45, 2.75) is 18.3 Å². The summed E-state index contributed by atoms with van der Waals surface area (Å²) in [7, 11) is -3.24. The number of para-hydroxylation sites is 6. The molecule has 0 saturated heterocycles. The largest absolute Gasteiger partial charge is 0.457 e. The molecule has 0 radical (unpaired) electrons. The molecule has 1 aliphatic rings. The highest BCUT2D eigenvalue weighted by molar-refractivity contribution is 7.20.